The van der Waals surface area contributed by atoms with Crippen molar-refractivity contribution in [3.05, 3.63) is 18.2 Å². The van der Waals surface area contributed by atoms with Gasteiger partial charge in [-0.05, 0) is 19.8 Å². The lowest BCUT2D eigenvalue weighted by atomic mass is 10.1. The van der Waals surface area contributed by atoms with Crippen molar-refractivity contribution in [1.82, 2.24) is 25.1 Å². The molecular formula is C15H29IN6. The van der Waals surface area contributed by atoms with Gasteiger partial charge in [0, 0.05) is 51.7 Å². The molecule has 1 saturated heterocycles. The molecule has 0 aromatic carbocycles. The highest BCUT2D eigenvalue weighted by Crippen LogP contribution is 2.18. The SMILES string of the molecule is CN=C(NCc1nccn1C)NC1CN(C(C)C)CC1C.I. The molecule has 0 saturated carbocycles. The van der Waals surface area contributed by atoms with Crippen molar-refractivity contribution < 1.29 is 0 Å². The van der Waals surface area contributed by atoms with E-state index in [4.69, 9.17) is 0 Å². The Morgan fingerprint density at radius 3 is 2.68 bits per heavy atom. The summed E-state index contributed by atoms with van der Waals surface area (Å²) in [4.78, 5) is 11.1. The maximum atomic E-state index is 4.32. The van der Waals surface area contributed by atoms with Crippen LogP contribution in [0.2, 0.25) is 0 Å². The number of nitrogens with zero attached hydrogens (tertiary/aromatic N) is 4. The fourth-order valence-corrected chi connectivity index (χ4v) is 2.71. The van der Waals surface area contributed by atoms with Gasteiger partial charge < -0.3 is 15.2 Å². The summed E-state index contributed by atoms with van der Waals surface area (Å²) in [6, 6.07) is 1.04. The number of imidazole rings is 1. The second-order valence-electron chi connectivity index (χ2n) is 6.16. The van der Waals surface area contributed by atoms with E-state index in [0.717, 1.165) is 24.9 Å². The van der Waals surface area contributed by atoms with Gasteiger partial charge in [0.15, 0.2) is 5.96 Å². The summed E-state index contributed by atoms with van der Waals surface area (Å²) < 4.78 is 2.01. The molecule has 2 unspecified atom stereocenters. The number of aryl methyl sites for hydroxylation is 1. The Labute approximate surface area is 150 Å². The molecule has 22 heavy (non-hydrogen) atoms. The molecule has 1 aromatic heterocycles. The van der Waals surface area contributed by atoms with Gasteiger partial charge in [-0.1, -0.05) is 6.92 Å². The van der Waals surface area contributed by atoms with Gasteiger partial charge in [0.2, 0.25) is 0 Å². The minimum Gasteiger partial charge on any atom is -0.352 e. The van der Waals surface area contributed by atoms with Crippen molar-refractivity contribution in [3.8, 4) is 0 Å². The molecule has 1 aliphatic heterocycles. The smallest absolute Gasteiger partial charge is 0.191 e. The summed E-state index contributed by atoms with van der Waals surface area (Å²) in [7, 11) is 3.81. The van der Waals surface area contributed by atoms with Gasteiger partial charge >= 0.3 is 0 Å². The first-order chi connectivity index (χ1) is 10.0. The first-order valence-electron chi connectivity index (χ1n) is 7.68. The zero-order chi connectivity index (χ0) is 15.4. The molecule has 0 bridgehead atoms. The highest BCUT2D eigenvalue weighted by molar-refractivity contribution is 14.0. The number of hydrogen-bond donors (Lipinski definition) is 2. The Hall–Kier alpha value is -0.830. The molecule has 6 nitrogen and oxygen atoms in total. The van der Waals surface area contributed by atoms with Gasteiger partial charge in [0.05, 0.1) is 6.54 Å². The number of nitrogens with one attached hydrogen (secondary N) is 2. The summed E-state index contributed by atoms with van der Waals surface area (Å²) in [6.07, 6.45) is 3.76. The Kier molecular flexibility index (Phi) is 7.61. The fourth-order valence-electron chi connectivity index (χ4n) is 2.71. The van der Waals surface area contributed by atoms with Gasteiger partial charge in [-0.15, -0.1) is 24.0 Å². The molecule has 126 valence electrons. The second kappa shape index (κ2) is 8.71. The van der Waals surface area contributed by atoms with E-state index in [0.29, 0.717) is 24.5 Å². The lowest BCUT2D eigenvalue weighted by molar-refractivity contribution is 0.265. The molecule has 2 heterocycles. The molecule has 2 atom stereocenters. The quantitative estimate of drug-likeness (QED) is 0.440. The van der Waals surface area contributed by atoms with Crippen LogP contribution in [-0.2, 0) is 13.6 Å². The van der Waals surface area contributed by atoms with Crippen molar-refractivity contribution in [2.45, 2.75) is 39.4 Å². The normalized spacial score (nSPS) is 22.7. The number of likely N-dealkylation sites (tertiary alicyclic amines) is 1. The molecule has 1 aliphatic rings. The van der Waals surface area contributed by atoms with Crippen LogP contribution in [0.25, 0.3) is 0 Å². The Bertz CT molecular complexity index is 484. The van der Waals surface area contributed by atoms with E-state index in [1.165, 1.54) is 0 Å². The van der Waals surface area contributed by atoms with E-state index in [2.05, 4.69) is 46.3 Å². The Morgan fingerprint density at radius 2 is 2.18 bits per heavy atom. The van der Waals surface area contributed by atoms with E-state index < -0.39 is 0 Å². The number of aliphatic imine (C=N–C) groups is 1. The predicted octanol–water partition coefficient (Wildman–Crippen LogP) is 1.43. The number of rotatable bonds is 4. The van der Waals surface area contributed by atoms with Crippen molar-refractivity contribution in [2.24, 2.45) is 18.0 Å². The maximum Gasteiger partial charge on any atom is 0.191 e. The molecule has 0 spiro atoms. The van der Waals surface area contributed by atoms with Crippen LogP contribution in [0.4, 0.5) is 0 Å². The third-order valence-electron chi connectivity index (χ3n) is 4.25. The van der Waals surface area contributed by atoms with Gasteiger partial charge in [-0.3, -0.25) is 9.89 Å². The Morgan fingerprint density at radius 1 is 1.45 bits per heavy atom. The van der Waals surface area contributed by atoms with Gasteiger partial charge in [-0.2, -0.15) is 0 Å². The van der Waals surface area contributed by atoms with Crippen LogP contribution in [0.3, 0.4) is 0 Å². The topological polar surface area (TPSA) is 57.5 Å². The summed E-state index contributed by atoms with van der Waals surface area (Å²) >= 11 is 0. The molecule has 0 amide bonds. The zero-order valence-electron chi connectivity index (χ0n) is 14.2. The number of hydrogen-bond acceptors (Lipinski definition) is 3. The third kappa shape index (κ3) is 4.84. The summed E-state index contributed by atoms with van der Waals surface area (Å²) in [5.74, 6) is 2.47. The van der Waals surface area contributed by atoms with Crippen LogP contribution in [0.15, 0.2) is 17.4 Å². The first-order valence-corrected chi connectivity index (χ1v) is 7.68. The van der Waals surface area contributed by atoms with Gasteiger partial charge in [0.25, 0.3) is 0 Å². The summed E-state index contributed by atoms with van der Waals surface area (Å²) in [5, 5.41) is 6.88. The second-order valence-corrected chi connectivity index (χ2v) is 6.16. The van der Waals surface area contributed by atoms with E-state index in [1.807, 2.05) is 31.1 Å². The molecule has 7 heteroatoms. The highest BCUT2D eigenvalue weighted by atomic mass is 127. The number of guanidine groups is 1. The molecule has 1 fully saturated rings. The third-order valence-corrected chi connectivity index (χ3v) is 4.25. The average molecular weight is 420 g/mol. The van der Waals surface area contributed by atoms with Gasteiger partial charge in [0.1, 0.15) is 5.82 Å². The average Bonchev–Trinajstić information content (AvgIpc) is 3.01. The largest absolute Gasteiger partial charge is 0.352 e. The molecule has 2 N–H and O–H groups in total. The monoisotopic (exact) mass is 420 g/mol. The molecule has 2 rings (SSSR count). The van der Waals surface area contributed by atoms with E-state index >= 15 is 0 Å². The molecule has 0 radical (unpaired) electrons. The molecule has 0 aliphatic carbocycles. The highest BCUT2D eigenvalue weighted by Gasteiger charge is 2.31. The van der Waals surface area contributed by atoms with Crippen LogP contribution in [-0.4, -0.2) is 52.6 Å². The van der Waals surface area contributed by atoms with Crippen LogP contribution < -0.4 is 10.6 Å². The maximum absolute atomic E-state index is 4.32. The molecular weight excluding hydrogens is 391 g/mol. The van der Waals surface area contributed by atoms with Crippen molar-refractivity contribution in [2.75, 3.05) is 20.1 Å². The first kappa shape index (κ1) is 19.2. The zero-order valence-corrected chi connectivity index (χ0v) is 16.5. The van der Waals surface area contributed by atoms with Crippen molar-refractivity contribution in [1.29, 1.82) is 0 Å². The minimum atomic E-state index is 0. The summed E-state index contributed by atoms with van der Waals surface area (Å²) in [6.45, 7) is 9.70. The lowest BCUT2D eigenvalue weighted by Crippen LogP contribution is -2.46. The van der Waals surface area contributed by atoms with E-state index in [-0.39, 0.29) is 24.0 Å². The van der Waals surface area contributed by atoms with Crippen molar-refractivity contribution in [3.63, 3.8) is 0 Å². The lowest BCUT2D eigenvalue weighted by Gasteiger charge is -2.21. The van der Waals surface area contributed by atoms with Crippen LogP contribution in [0, 0.1) is 5.92 Å². The number of aromatic nitrogens is 2. The number of halogens is 1. The fraction of sp³-hybridized carbons (Fsp3) is 0.733. The standard InChI is InChI=1S/C15H28N6.HI/c1-11(2)21-9-12(3)13(10-21)19-15(16-4)18-8-14-17-6-7-20(14)5;/h6-7,11-13H,8-10H2,1-5H3,(H2,16,18,19);1H. The predicted molar refractivity (Wildman–Crippen MR) is 102 cm³/mol. The molecule has 1 aromatic rings. The van der Waals surface area contributed by atoms with Crippen LogP contribution in [0.1, 0.15) is 26.6 Å². The van der Waals surface area contributed by atoms with Gasteiger partial charge in [-0.25, -0.2) is 4.98 Å². The minimum absolute atomic E-state index is 0. The Balaban J connectivity index is 0.00000242. The van der Waals surface area contributed by atoms with E-state index in [9.17, 15) is 0 Å². The summed E-state index contributed by atoms with van der Waals surface area (Å²) in [5.41, 5.74) is 0. The van der Waals surface area contributed by atoms with Crippen LogP contribution >= 0.6 is 24.0 Å². The van der Waals surface area contributed by atoms with E-state index in [1.54, 1.807) is 0 Å². The van der Waals surface area contributed by atoms with Crippen LogP contribution in [0.5, 0.6) is 0 Å². The van der Waals surface area contributed by atoms with Crippen molar-refractivity contribution >= 4 is 29.9 Å².